The second-order valence-corrected chi connectivity index (χ2v) is 3.10. The number of nitrogens with one attached hydrogen (secondary N) is 3. The quantitative estimate of drug-likeness (QED) is 0.512. The summed E-state index contributed by atoms with van der Waals surface area (Å²) in [5, 5.41) is 9.03. The molecule has 1 atom stereocenters. The molecule has 3 N–H and O–H groups in total. The van der Waals surface area contributed by atoms with E-state index in [-0.39, 0.29) is 5.91 Å². The van der Waals surface area contributed by atoms with Gasteiger partial charge in [-0.05, 0) is 19.4 Å². The second-order valence-electron chi connectivity index (χ2n) is 3.10. The highest BCUT2D eigenvalue weighted by Crippen LogP contribution is 2.02. The Hall–Kier alpha value is -0.610. The van der Waals surface area contributed by atoms with Gasteiger partial charge in [-0.25, -0.2) is 0 Å². The van der Waals surface area contributed by atoms with Gasteiger partial charge in [0.2, 0.25) is 5.91 Å². The number of likely N-dealkylation sites (N-methyl/N-ethyl adjacent to an activating group) is 1. The lowest BCUT2D eigenvalue weighted by Gasteiger charge is -2.10. The standard InChI is InChI=1S/C8H17N3O/c1-9-8(12)6-10-5-7-3-2-4-11-7/h7,10-11H,2-6H2,1H3,(H,9,12). The fourth-order valence-corrected chi connectivity index (χ4v) is 1.38. The monoisotopic (exact) mass is 171 g/mol. The van der Waals surface area contributed by atoms with Crippen LogP contribution in [-0.2, 0) is 4.79 Å². The summed E-state index contributed by atoms with van der Waals surface area (Å²) in [4.78, 5) is 10.8. The number of rotatable bonds is 4. The molecule has 1 heterocycles. The van der Waals surface area contributed by atoms with Gasteiger partial charge in [-0.2, -0.15) is 0 Å². The Morgan fingerprint density at radius 1 is 1.67 bits per heavy atom. The zero-order valence-electron chi connectivity index (χ0n) is 7.52. The average Bonchev–Trinajstić information content (AvgIpc) is 2.57. The van der Waals surface area contributed by atoms with Crippen molar-refractivity contribution in [2.45, 2.75) is 18.9 Å². The molecule has 0 saturated carbocycles. The second kappa shape index (κ2) is 5.11. The van der Waals surface area contributed by atoms with E-state index in [0.29, 0.717) is 12.6 Å². The van der Waals surface area contributed by atoms with E-state index >= 15 is 0 Å². The lowest BCUT2D eigenvalue weighted by Crippen LogP contribution is -2.39. The zero-order chi connectivity index (χ0) is 8.81. The van der Waals surface area contributed by atoms with Crippen molar-refractivity contribution in [3.63, 3.8) is 0 Å². The summed E-state index contributed by atoms with van der Waals surface area (Å²) in [5.74, 6) is 0.0491. The van der Waals surface area contributed by atoms with E-state index in [4.69, 9.17) is 0 Å². The van der Waals surface area contributed by atoms with Gasteiger partial charge in [0.05, 0.1) is 6.54 Å². The van der Waals surface area contributed by atoms with Crippen LogP contribution in [0.4, 0.5) is 0 Å². The van der Waals surface area contributed by atoms with Crippen molar-refractivity contribution in [1.82, 2.24) is 16.0 Å². The first kappa shape index (κ1) is 9.48. The molecule has 1 fully saturated rings. The summed E-state index contributed by atoms with van der Waals surface area (Å²) in [6.07, 6.45) is 2.48. The van der Waals surface area contributed by atoms with Gasteiger partial charge in [0.25, 0.3) is 0 Å². The average molecular weight is 171 g/mol. The SMILES string of the molecule is CNC(=O)CNCC1CCCN1. The van der Waals surface area contributed by atoms with Crippen LogP contribution in [0.2, 0.25) is 0 Å². The van der Waals surface area contributed by atoms with Gasteiger partial charge in [-0.15, -0.1) is 0 Å². The summed E-state index contributed by atoms with van der Waals surface area (Å²) >= 11 is 0. The molecule has 4 nitrogen and oxygen atoms in total. The highest BCUT2D eigenvalue weighted by molar-refractivity contribution is 5.77. The molecule has 0 aromatic rings. The van der Waals surface area contributed by atoms with E-state index in [1.54, 1.807) is 7.05 Å². The highest BCUT2D eigenvalue weighted by Gasteiger charge is 2.12. The van der Waals surface area contributed by atoms with Crippen LogP contribution < -0.4 is 16.0 Å². The van der Waals surface area contributed by atoms with E-state index in [1.165, 1.54) is 12.8 Å². The fraction of sp³-hybridized carbons (Fsp3) is 0.875. The van der Waals surface area contributed by atoms with E-state index in [2.05, 4.69) is 16.0 Å². The van der Waals surface area contributed by atoms with E-state index in [1.807, 2.05) is 0 Å². The molecule has 0 bridgehead atoms. The number of hydrogen-bond donors (Lipinski definition) is 3. The third-order valence-corrected chi connectivity index (χ3v) is 2.12. The molecule has 0 radical (unpaired) electrons. The van der Waals surface area contributed by atoms with Gasteiger partial charge in [0.15, 0.2) is 0 Å². The van der Waals surface area contributed by atoms with Gasteiger partial charge < -0.3 is 16.0 Å². The molecular formula is C8H17N3O. The molecule has 0 aliphatic carbocycles. The molecule has 0 aromatic heterocycles. The van der Waals surface area contributed by atoms with Crippen molar-refractivity contribution >= 4 is 5.91 Å². The van der Waals surface area contributed by atoms with E-state index in [0.717, 1.165) is 13.1 Å². The summed E-state index contributed by atoms with van der Waals surface area (Å²) in [7, 11) is 1.65. The topological polar surface area (TPSA) is 53.2 Å². The molecule has 1 aliphatic heterocycles. The van der Waals surface area contributed by atoms with Gasteiger partial charge >= 0.3 is 0 Å². The van der Waals surface area contributed by atoms with Crippen LogP contribution in [0.1, 0.15) is 12.8 Å². The fourth-order valence-electron chi connectivity index (χ4n) is 1.38. The van der Waals surface area contributed by atoms with Crippen molar-refractivity contribution in [2.24, 2.45) is 0 Å². The maximum Gasteiger partial charge on any atom is 0.233 e. The first-order valence-corrected chi connectivity index (χ1v) is 4.47. The summed E-state index contributed by atoms with van der Waals surface area (Å²) in [5.41, 5.74) is 0. The largest absolute Gasteiger partial charge is 0.358 e. The lowest BCUT2D eigenvalue weighted by atomic mass is 10.2. The Morgan fingerprint density at radius 3 is 3.08 bits per heavy atom. The molecule has 4 heteroatoms. The molecule has 1 rings (SSSR count). The number of carbonyl (C=O) groups is 1. The number of amides is 1. The molecular weight excluding hydrogens is 154 g/mol. The molecule has 0 aromatic carbocycles. The Labute approximate surface area is 73.1 Å². The predicted octanol–water partition coefficient (Wildman–Crippen LogP) is -0.926. The van der Waals surface area contributed by atoms with Crippen LogP contribution in [0.15, 0.2) is 0 Å². The molecule has 1 unspecified atom stereocenters. The molecule has 0 spiro atoms. The zero-order valence-corrected chi connectivity index (χ0v) is 7.52. The summed E-state index contributed by atoms with van der Waals surface area (Å²) < 4.78 is 0. The van der Waals surface area contributed by atoms with Crippen molar-refractivity contribution in [1.29, 1.82) is 0 Å². The van der Waals surface area contributed by atoms with E-state index < -0.39 is 0 Å². The molecule has 70 valence electrons. The third-order valence-electron chi connectivity index (χ3n) is 2.12. The Morgan fingerprint density at radius 2 is 2.50 bits per heavy atom. The minimum Gasteiger partial charge on any atom is -0.358 e. The predicted molar refractivity (Wildman–Crippen MR) is 48.0 cm³/mol. The maximum absolute atomic E-state index is 10.8. The van der Waals surface area contributed by atoms with Crippen LogP contribution in [0.25, 0.3) is 0 Å². The maximum atomic E-state index is 10.8. The van der Waals surface area contributed by atoms with Gasteiger partial charge in [-0.3, -0.25) is 4.79 Å². The van der Waals surface area contributed by atoms with Crippen LogP contribution in [-0.4, -0.2) is 38.6 Å². The van der Waals surface area contributed by atoms with Crippen LogP contribution >= 0.6 is 0 Å². The normalized spacial score (nSPS) is 22.6. The lowest BCUT2D eigenvalue weighted by molar-refractivity contribution is -0.119. The molecule has 1 amide bonds. The van der Waals surface area contributed by atoms with Gasteiger partial charge in [0, 0.05) is 19.6 Å². The van der Waals surface area contributed by atoms with Crippen LogP contribution in [0, 0.1) is 0 Å². The minimum atomic E-state index is 0.0491. The Bertz CT molecular complexity index is 143. The van der Waals surface area contributed by atoms with Gasteiger partial charge in [-0.1, -0.05) is 0 Å². The Kier molecular flexibility index (Phi) is 4.04. The van der Waals surface area contributed by atoms with Crippen LogP contribution in [0.5, 0.6) is 0 Å². The number of hydrogen-bond acceptors (Lipinski definition) is 3. The Balaban J connectivity index is 1.97. The molecule has 1 aliphatic rings. The summed E-state index contributed by atoms with van der Waals surface area (Å²) in [6.45, 7) is 2.44. The van der Waals surface area contributed by atoms with Crippen molar-refractivity contribution in [2.75, 3.05) is 26.7 Å². The molecule has 12 heavy (non-hydrogen) atoms. The van der Waals surface area contributed by atoms with Crippen molar-refractivity contribution in [3.8, 4) is 0 Å². The van der Waals surface area contributed by atoms with Crippen molar-refractivity contribution < 1.29 is 4.79 Å². The highest BCUT2D eigenvalue weighted by atomic mass is 16.1. The van der Waals surface area contributed by atoms with Gasteiger partial charge in [0.1, 0.15) is 0 Å². The summed E-state index contributed by atoms with van der Waals surface area (Å²) in [6, 6.07) is 0.564. The smallest absolute Gasteiger partial charge is 0.233 e. The first-order valence-electron chi connectivity index (χ1n) is 4.47. The first-order chi connectivity index (χ1) is 5.83. The molecule has 1 saturated heterocycles. The van der Waals surface area contributed by atoms with Crippen LogP contribution in [0.3, 0.4) is 0 Å². The minimum absolute atomic E-state index is 0.0491. The number of carbonyl (C=O) groups excluding carboxylic acids is 1. The van der Waals surface area contributed by atoms with Crippen molar-refractivity contribution in [3.05, 3.63) is 0 Å². The third kappa shape index (κ3) is 3.19. The van der Waals surface area contributed by atoms with E-state index in [9.17, 15) is 4.79 Å².